The van der Waals surface area contributed by atoms with E-state index < -0.39 is 10.0 Å². The van der Waals surface area contributed by atoms with E-state index in [1.165, 1.54) is 23.6 Å². The highest BCUT2D eigenvalue weighted by atomic mass is 32.2. The molecule has 0 heterocycles. The van der Waals surface area contributed by atoms with Crippen LogP contribution in [0.25, 0.3) is 0 Å². The summed E-state index contributed by atoms with van der Waals surface area (Å²) >= 11 is 0. The molecule has 2 N–H and O–H groups in total. The minimum absolute atomic E-state index is 0.325. The van der Waals surface area contributed by atoms with Gasteiger partial charge in [0.2, 0.25) is 0 Å². The maximum atomic E-state index is 13.2. The van der Waals surface area contributed by atoms with Crippen LogP contribution in [0.5, 0.6) is 0 Å². The molecule has 0 spiro atoms. The van der Waals surface area contributed by atoms with Crippen molar-refractivity contribution in [1.29, 1.82) is 0 Å². The summed E-state index contributed by atoms with van der Waals surface area (Å²) < 4.78 is 27.9. The summed E-state index contributed by atoms with van der Waals surface area (Å²) in [6.45, 7) is 4.62. The van der Waals surface area contributed by atoms with Crippen LogP contribution in [0, 0.1) is 6.92 Å². The lowest BCUT2D eigenvalue weighted by atomic mass is 10.1. The number of hydrogen-bond donors (Lipinski definition) is 1. The highest BCUT2D eigenvalue weighted by Gasteiger charge is 2.24. The molecule has 0 saturated heterocycles. The van der Waals surface area contributed by atoms with Crippen LogP contribution in [0.2, 0.25) is 0 Å². The smallest absolute Gasteiger partial charge is 0.264 e. The van der Waals surface area contributed by atoms with Crippen molar-refractivity contribution in [2.24, 2.45) is 0 Å². The van der Waals surface area contributed by atoms with E-state index in [1.807, 2.05) is 19.1 Å². The molecule has 0 aliphatic carbocycles. The van der Waals surface area contributed by atoms with Crippen molar-refractivity contribution in [2.75, 3.05) is 16.6 Å². The largest absolute Gasteiger partial charge is 0.399 e. The molecule has 0 aliphatic rings. The number of nitrogen functional groups attached to an aromatic ring is 1. The summed E-state index contributed by atoms with van der Waals surface area (Å²) in [7, 11) is -3.59. The first-order chi connectivity index (χ1) is 12.4. The lowest BCUT2D eigenvalue weighted by Crippen LogP contribution is -2.32. The van der Waals surface area contributed by atoms with Crippen molar-refractivity contribution >= 4 is 21.4 Å². The average Bonchev–Trinajstić information content (AvgIpc) is 2.62. The SMILES string of the molecule is CCCCCCCCN(c1ccc(N)cc1)S(=O)(=O)c1ccc(C)cc1. The van der Waals surface area contributed by atoms with Gasteiger partial charge in [0.15, 0.2) is 0 Å². The summed E-state index contributed by atoms with van der Waals surface area (Å²) in [5.41, 5.74) is 8.09. The summed E-state index contributed by atoms with van der Waals surface area (Å²) in [5.74, 6) is 0. The van der Waals surface area contributed by atoms with Crippen molar-refractivity contribution in [1.82, 2.24) is 0 Å². The van der Waals surface area contributed by atoms with Gasteiger partial charge in [0.1, 0.15) is 0 Å². The van der Waals surface area contributed by atoms with E-state index in [9.17, 15) is 8.42 Å². The molecule has 2 rings (SSSR count). The zero-order valence-electron chi connectivity index (χ0n) is 15.8. The molecule has 0 aromatic heterocycles. The van der Waals surface area contributed by atoms with Crippen molar-refractivity contribution in [3.05, 3.63) is 54.1 Å². The Morgan fingerprint density at radius 2 is 1.42 bits per heavy atom. The number of hydrogen-bond acceptors (Lipinski definition) is 3. The van der Waals surface area contributed by atoms with Crippen LogP contribution in [0.15, 0.2) is 53.4 Å². The van der Waals surface area contributed by atoms with Gasteiger partial charge in [-0.2, -0.15) is 0 Å². The first kappa shape index (κ1) is 20.3. The minimum Gasteiger partial charge on any atom is -0.399 e. The Hall–Kier alpha value is -2.01. The quantitative estimate of drug-likeness (QED) is 0.463. The average molecular weight is 375 g/mol. The molecular formula is C21H30N2O2S. The van der Waals surface area contributed by atoms with Gasteiger partial charge in [-0.3, -0.25) is 4.31 Å². The van der Waals surface area contributed by atoms with E-state index in [-0.39, 0.29) is 0 Å². The first-order valence-corrected chi connectivity index (χ1v) is 10.8. The van der Waals surface area contributed by atoms with Gasteiger partial charge in [-0.25, -0.2) is 8.42 Å². The van der Waals surface area contributed by atoms with Crippen molar-refractivity contribution < 1.29 is 8.42 Å². The molecule has 0 radical (unpaired) electrons. The molecule has 2 aromatic carbocycles. The van der Waals surface area contributed by atoms with Crippen LogP contribution < -0.4 is 10.0 Å². The summed E-state index contributed by atoms with van der Waals surface area (Å²) in [6, 6.07) is 14.1. The van der Waals surface area contributed by atoms with Gasteiger partial charge < -0.3 is 5.73 Å². The lowest BCUT2D eigenvalue weighted by Gasteiger charge is -2.25. The minimum atomic E-state index is -3.59. The van der Waals surface area contributed by atoms with Gasteiger partial charge in [0, 0.05) is 12.2 Å². The van der Waals surface area contributed by atoms with E-state index in [1.54, 1.807) is 36.4 Å². The van der Waals surface area contributed by atoms with E-state index in [0.29, 0.717) is 22.8 Å². The zero-order chi connectivity index (χ0) is 19.0. The highest BCUT2D eigenvalue weighted by molar-refractivity contribution is 7.92. The molecule has 0 atom stereocenters. The Morgan fingerprint density at radius 3 is 2.04 bits per heavy atom. The summed E-state index contributed by atoms with van der Waals surface area (Å²) in [4.78, 5) is 0.325. The third kappa shape index (κ3) is 5.49. The molecule has 0 aliphatic heterocycles. The molecule has 5 heteroatoms. The Kier molecular flexibility index (Phi) is 7.51. The maximum Gasteiger partial charge on any atom is 0.264 e. The molecule has 142 valence electrons. The van der Waals surface area contributed by atoms with Crippen LogP contribution in [-0.2, 0) is 10.0 Å². The standard InChI is InChI=1S/C21H30N2O2S/c1-3-4-5-6-7-8-17-23(20-13-11-19(22)12-14-20)26(24,25)21-15-9-18(2)10-16-21/h9-16H,3-8,17,22H2,1-2H3. The molecule has 0 unspecified atom stereocenters. The molecule has 0 bridgehead atoms. The predicted octanol–water partition coefficient (Wildman–Crippen LogP) is 5.13. The van der Waals surface area contributed by atoms with Crippen LogP contribution >= 0.6 is 0 Å². The highest BCUT2D eigenvalue weighted by Crippen LogP contribution is 2.25. The maximum absolute atomic E-state index is 13.2. The van der Waals surface area contributed by atoms with E-state index >= 15 is 0 Å². The number of nitrogens with two attached hydrogens (primary N) is 1. The predicted molar refractivity (Wildman–Crippen MR) is 110 cm³/mol. The molecular weight excluding hydrogens is 344 g/mol. The second-order valence-corrected chi connectivity index (χ2v) is 8.61. The van der Waals surface area contributed by atoms with Crippen molar-refractivity contribution in [2.45, 2.75) is 57.3 Å². The van der Waals surface area contributed by atoms with Crippen LogP contribution in [-0.4, -0.2) is 15.0 Å². The third-order valence-corrected chi connectivity index (χ3v) is 6.35. The summed E-state index contributed by atoms with van der Waals surface area (Å²) in [6.07, 6.45) is 6.69. The fourth-order valence-corrected chi connectivity index (χ4v) is 4.41. The number of rotatable bonds is 10. The number of benzene rings is 2. The van der Waals surface area contributed by atoms with Crippen LogP contribution in [0.1, 0.15) is 51.0 Å². The monoisotopic (exact) mass is 374 g/mol. The number of sulfonamides is 1. The fraction of sp³-hybridized carbons (Fsp3) is 0.429. The van der Waals surface area contributed by atoms with Gasteiger partial charge in [0.05, 0.1) is 10.6 Å². The lowest BCUT2D eigenvalue weighted by molar-refractivity contribution is 0.580. The third-order valence-electron chi connectivity index (χ3n) is 4.50. The number of anilines is 2. The molecule has 0 amide bonds. The molecule has 4 nitrogen and oxygen atoms in total. The number of aryl methyl sites for hydroxylation is 1. The molecule has 26 heavy (non-hydrogen) atoms. The van der Waals surface area contributed by atoms with E-state index in [2.05, 4.69) is 6.92 Å². The normalized spacial score (nSPS) is 11.5. The molecule has 2 aromatic rings. The van der Waals surface area contributed by atoms with Gasteiger partial charge in [-0.15, -0.1) is 0 Å². The Bertz CT molecular complexity index is 769. The van der Waals surface area contributed by atoms with Gasteiger partial charge in [0.25, 0.3) is 10.0 Å². The Labute approximate surface area is 158 Å². The van der Waals surface area contributed by atoms with Gasteiger partial charge in [-0.05, 0) is 49.7 Å². The summed E-state index contributed by atoms with van der Waals surface area (Å²) in [5, 5.41) is 0. The first-order valence-electron chi connectivity index (χ1n) is 9.40. The second-order valence-electron chi connectivity index (χ2n) is 6.75. The van der Waals surface area contributed by atoms with Crippen LogP contribution in [0.3, 0.4) is 0 Å². The van der Waals surface area contributed by atoms with Crippen molar-refractivity contribution in [3.8, 4) is 0 Å². The molecule has 0 fully saturated rings. The number of unbranched alkanes of at least 4 members (excludes halogenated alkanes) is 5. The topological polar surface area (TPSA) is 63.4 Å². The Morgan fingerprint density at radius 1 is 0.846 bits per heavy atom. The van der Waals surface area contributed by atoms with E-state index in [0.717, 1.165) is 24.8 Å². The van der Waals surface area contributed by atoms with Gasteiger partial charge >= 0.3 is 0 Å². The Balaban J connectivity index is 2.19. The second kappa shape index (κ2) is 9.62. The number of nitrogens with zero attached hydrogens (tertiary/aromatic N) is 1. The van der Waals surface area contributed by atoms with Crippen LogP contribution in [0.4, 0.5) is 11.4 Å². The zero-order valence-corrected chi connectivity index (χ0v) is 16.6. The van der Waals surface area contributed by atoms with Gasteiger partial charge in [-0.1, -0.05) is 56.7 Å². The van der Waals surface area contributed by atoms with E-state index in [4.69, 9.17) is 5.73 Å². The fourth-order valence-electron chi connectivity index (χ4n) is 2.90. The molecule has 0 saturated carbocycles. The van der Waals surface area contributed by atoms with Crippen molar-refractivity contribution in [3.63, 3.8) is 0 Å².